The minimum atomic E-state index is 0.652. The highest BCUT2D eigenvalue weighted by Crippen LogP contribution is 2.20. The summed E-state index contributed by atoms with van der Waals surface area (Å²) in [7, 11) is 0. The van der Waals surface area contributed by atoms with Gasteiger partial charge in [-0.2, -0.15) is 11.8 Å². The van der Waals surface area contributed by atoms with Crippen LogP contribution in [0.5, 0.6) is 0 Å². The van der Waals surface area contributed by atoms with E-state index in [2.05, 4.69) is 37.9 Å². The Balaban J connectivity index is 2.21. The molecule has 2 unspecified atom stereocenters. The summed E-state index contributed by atoms with van der Waals surface area (Å²) in [6.45, 7) is 13.0. The molecule has 0 bridgehead atoms. The monoisotopic (exact) mass is 258 g/mol. The van der Waals surface area contributed by atoms with Gasteiger partial charge in [-0.05, 0) is 58.0 Å². The van der Waals surface area contributed by atoms with E-state index < -0.39 is 0 Å². The second kappa shape index (κ2) is 8.39. The predicted octanol–water partition coefficient (Wildman–Crippen LogP) is 2.84. The van der Waals surface area contributed by atoms with Crippen LogP contribution in [-0.4, -0.2) is 48.1 Å². The summed E-state index contributed by atoms with van der Waals surface area (Å²) in [6, 6.07) is 1.33. The van der Waals surface area contributed by atoms with Crippen molar-refractivity contribution in [3.05, 3.63) is 0 Å². The van der Waals surface area contributed by atoms with Crippen molar-refractivity contribution in [1.29, 1.82) is 0 Å². The molecule has 0 aromatic carbocycles. The maximum absolute atomic E-state index is 3.78. The van der Waals surface area contributed by atoms with Gasteiger partial charge >= 0.3 is 0 Å². The summed E-state index contributed by atoms with van der Waals surface area (Å²) >= 11 is 2.04. The van der Waals surface area contributed by atoms with Gasteiger partial charge in [-0.15, -0.1) is 0 Å². The number of hydrogen-bond acceptors (Lipinski definition) is 3. The fourth-order valence-electron chi connectivity index (χ4n) is 2.70. The van der Waals surface area contributed by atoms with Gasteiger partial charge in [0, 0.05) is 17.8 Å². The van der Waals surface area contributed by atoms with E-state index in [0.29, 0.717) is 12.1 Å². The number of thioether (sulfide) groups is 1. The molecule has 1 saturated heterocycles. The quantitative estimate of drug-likeness (QED) is 0.756. The van der Waals surface area contributed by atoms with E-state index >= 15 is 0 Å². The molecule has 1 rings (SSSR count). The Morgan fingerprint density at radius 1 is 1.24 bits per heavy atom. The van der Waals surface area contributed by atoms with Crippen LogP contribution >= 0.6 is 11.8 Å². The molecule has 1 fully saturated rings. The Bertz CT molecular complexity index is 191. The van der Waals surface area contributed by atoms with Crippen molar-refractivity contribution in [2.24, 2.45) is 5.92 Å². The summed E-state index contributed by atoms with van der Waals surface area (Å²) < 4.78 is 0. The van der Waals surface area contributed by atoms with Crippen molar-refractivity contribution in [2.75, 3.05) is 31.1 Å². The molecule has 0 saturated carbocycles. The van der Waals surface area contributed by atoms with Gasteiger partial charge in [-0.25, -0.2) is 0 Å². The molecule has 1 aliphatic rings. The average Bonchev–Trinajstić information content (AvgIpc) is 2.36. The zero-order valence-corrected chi connectivity index (χ0v) is 12.9. The van der Waals surface area contributed by atoms with E-state index in [1.807, 2.05) is 11.8 Å². The van der Waals surface area contributed by atoms with Crippen LogP contribution in [0.4, 0.5) is 0 Å². The summed E-state index contributed by atoms with van der Waals surface area (Å²) in [4.78, 5) is 2.57. The number of hydrogen-bond donors (Lipinski definition) is 1. The van der Waals surface area contributed by atoms with Crippen molar-refractivity contribution < 1.29 is 0 Å². The van der Waals surface area contributed by atoms with Gasteiger partial charge in [0.1, 0.15) is 0 Å². The van der Waals surface area contributed by atoms with Crippen LogP contribution in [0.15, 0.2) is 0 Å². The van der Waals surface area contributed by atoms with E-state index in [0.717, 1.165) is 5.92 Å². The summed E-state index contributed by atoms with van der Waals surface area (Å²) in [6.07, 6.45) is 2.74. The van der Waals surface area contributed by atoms with Gasteiger partial charge in [0.15, 0.2) is 0 Å². The predicted molar refractivity (Wildman–Crippen MR) is 79.9 cm³/mol. The van der Waals surface area contributed by atoms with Gasteiger partial charge in [0.2, 0.25) is 0 Å². The van der Waals surface area contributed by atoms with Crippen LogP contribution < -0.4 is 5.32 Å². The SMILES string of the molecule is CCSCC(C)NC(C)C1CCN(CC)CC1. The third-order valence-corrected chi connectivity index (χ3v) is 5.05. The van der Waals surface area contributed by atoms with Crippen molar-refractivity contribution >= 4 is 11.8 Å². The minimum absolute atomic E-state index is 0.652. The summed E-state index contributed by atoms with van der Waals surface area (Å²) in [5, 5.41) is 3.78. The average molecular weight is 258 g/mol. The lowest BCUT2D eigenvalue weighted by Crippen LogP contribution is -2.45. The van der Waals surface area contributed by atoms with Crippen molar-refractivity contribution in [3.63, 3.8) is 0 Å². The molecule has 1 aliphatic heterocycles. The van der Waals surface area contributed by atoms with Gasteiger partial charge in [0.05, 0.1) is 0 Å². The maximum Gasteiger partial charge on any atom is 0.0132 e. The lowest BCUT2D eigenvalue weighted by molar-refractivity contribution is 0.166. The molecule has 102 valence electrons. The molecule has 3 heteroatoms. The van der Waals surface area contributed by atoms with Crippen LogP contribution in [0.3, 0.4) is 0 Å². The van der Waals surface area contributed by atoms with E-state index in [4.69, 9.17) is 0 Å². The normalized spacial score (nSPS) is 22.6. The Labute approximate surface area is 112 Å². The molecule has 1 N–H and O–H groups in total. The lowest BCUT2D eigenvalue weighted by Gasteiger charge is -2.35. The first kappa shape index (κ1) is 15.3. The molecule has 2 atom stereocenters. The minimum Gasteiger partial charge on any atom is -0.311 e. The number of nitrogens with one attached hydrogen (secondary N) is 1. The largest absolute Gasteiger partial charge is 0.311 e. The van der Waals surface area contributed by atoms with Gasteiger partial charge in [-0.3, -0.25) is 0 Å². The molecule has 0 aliphatic carbocycles. The van der Waals surface area contributed by atoms with Crippen molar-refractivity contribution in [2.45, 2.75) is 52.6 Å². The molecule has 0 aromatic rings. The zero-order valence-electron chi connectivity index (χ0n) is 12.0. The molecule has 0 amide bonds. The fourth-order valence-corrected chi connectivity index (χ4v) is 3.38. The highest BCUT2D eigenvalue weighted by Gasteiger charge is 2.23. The van der Waals surface area contributed by atoms with E-state index in [1.165, 1.54) is 44.0 Å². The molecular weight excluding hydrogens is 228 g/mol. The van der Waals surface area contributed by atoms with Gasteiger partial charge < -0.3 is 10.2 Å². The fraction of sp³-hybridized carbons (Fsp3) is 1.00. The first-order valence-electron chi connectivity index (χ1n) is 7.23. The van der Waals surface area contributed by atoms with Crippen LogP contribution in [0, 0.1) is 5.92 Å². The highest BCUT2D eigenvalue weighted by molar-refractivity contribution is 7.99. The number of piperidine rings is 1. The first-order valence-corrected chi connectivity index (χ1v) is 8.39. The number of nitrogens with zero attached hydrogens (tertiary/aromatic N) is 1. The Morgan fingerprint density at radius 3 is 2.41 bits per heavy atom. The number of rotatable bonds is 7. The molecule has 1 heterocycles. The lowest BCUT2D eigenvalue weighted by atomic mass is 9.90. The smallest absolute Gasteiger partial charge is 0.0132 e. The van der Waals surface area contributed by atoms with E-state index in [-0.39, 0.29) is 0 Å². The first-order chi connectivity index (χ1) is 8.17. The molecular formula is C14H30N2S. The van der Waals surface area contributed by atoms with E-state index in [1.54, 1.807) is 0 Å². The van der Waals surface area contributed by atoms with E-state index in [9.17, 15) is 0 Å². The van der Waals surface area contributed by atoms with Crippen molar-refractivity contribution in [1.82, 2.24) is 10.2 Å². The maximum atomic E-state index is 3.78. The third-order valence-electron chi connectivity index (χ3n) is 3.91. The molecule has 0 spiro atoms. The van der Waals surface area contributed by atoms with Gasteiger partial charge in [0.25, 0.3) is 0 Å². The second-order valence-corrected chi connectivity index (χ2v) is 6.61. The van der Waals surface area contributed by atoms with Gasteiger partial charge in [-0.1, -0.05) is 13.8 Å². The zero-order chi connectivity index (χ0) is 12.7. The standard InChI is InChI=1S/C14H30N2S/c1-5-16-9-7-14(8-10-16)13(4)15-12(3)11-17-6-2/h12-15H,5-11H2,1-4H3. The molecule has 0 aromatic heterocycles. The third kappa shape index (κ3) is 5.62. The van der Waals surface area contributed by atoms with Crippen LogP contribution in [-0.2, 0) is 0 Å². The summed E-state index contributed by atoms with van der Waals surface area (Å²) in [5.74, 6) is 3.36. The Hall–Kier alpha value is 0.270. The number of likely N-dealkylation sites (tertiary alicyclic amines) is 1. The molecule has 17 heavy (non-hydrogen) atoms. The van der Waals surface area contributed by atoms with Crippen LogP contribution in [0.25, 0.3) is 0 Å². The van der Waals surface area contributed by atoms with Crippen LogP contribution in [0.1, 0.15) is 40.5 Å². The topological polar surface area (TPSA) is 15.3 Å². The molecule has 2 nitrogen and oxygen atoms in total. The second-order valence-electron chi connectivity index (χ2n) is 5.29. The van der Waals surface area contributed by atoms with Crippen LogP contribution in [0.2, 0.25) is 0 Å². The van der Waals surface area contributed by atoms with Crippen molar-refractivity contribution in [3.8, 4) is 0 Å². The molecule has 0 radical (unpaired) electrons. The Morgan fingerprint density at radius 2 is 1.88 bits per heavy atom. The Kier molecular flexibility index (Phi) is 7.56. The summed E-state index contributed by atoms with van der Waals surface area (Å²) in [5.41, 5.74) is 0. The highest BCUT2D eigenvalue weighted by atomic mass is 32.2.